The van der Waals surface area contributed by atoms with Crippen molar-refractivity contribution >= 4 is 7.82 Å². The molecule has 0 unspecified atom stereocenters. The van der Waals surface area contributed by atoms with Crippen LogP contribution in [0, 0.1) is 6.92 Å². The fourth-order valence-corrected chi connectivity index (χ4v) is 2.55. The van der Waals surface area contributed by atoms with E-state index in [1.165, 1.54) is 96.3 Å². The minimum absolute atomic E-state index is 0. The Morgan fingerprint density at radius 2 is 0.833 bits per heavy atom. The maximum absolute atomic E-state index is 8.88. The van der Waals surface area contributed by atoms with Crippen molar-refractivity contribution in [3.05, 3.63) is 6.92 Å². The van der Waals surface area contributed by atoms with Crippen LogP contribution in [-0.2, 0) is 21.6 Å². The van der Waals surface area contributed by atoms with Gasteiger partial charge in [0.2, 0.25) is 0 Å². The van der Waals surface area contributed by atoms with Gasteiger partial charge in [-0.2, -0.15) is 6.42 Å². The van der Waals surface area contributed by atoms with E-state index in [0.29, 0.717) is 0 Å². The zero-order valence-electron chi connectivity index (χ0n) is 15.5. The summed E-state index contributed by atoms with van der Waals surface area (Å²) in [6, 6.07) is 0. The molecular weight excluding hydrogens is 375 g/mol. The van der Waals surface area contributed by atoms with Crippen molar-refractivity contribution in [2.75, 3.05) is 0 Å². The second-order valence-electron chi connectivity index (χ2n) is 6.32. The quantitative estimate of drug-likeness (QED) is 0.130. The van der Waals surface area contributed by atoms with E-state index in [2.05, 4.69) is 13.8 Å². The maximum Gasteiger partial charge on any atom is 1.00 e. The average molecular weight is 415 g/mol. The van der Waals surface area contributed by atoms with Crippen molar-refractivity contribution < 1.29 is 36.3 Å². The van der Waals surface area contributed by atoms with Gasteiger partial charge < -0.3 is 21.6 Å². The van der Waals surface area contributed by atoms with Gasteiger partial charge in [0.25, 0.3) is 0 Å². The summed E-state index contributed by atoms with van der Waals surface area (Å²) in [7, 11) is -4.64. The van der Waals surface area contributed by atoms with E-state index in [1.54, 1.807) is 0 Å². The van der Waals surface area contributed by atoms with Gasteiger partial charge in [0.1, 0.15) is 0 Å². The Labute approximate surface area is 160 Å². The second-order valence-corrected chi connectivity index (χ2v) is 7.34. The van der Waals surface area contributed by atoms with Crippen LogP contribution in [0.4, 0.5) is 0 Å². The van der Waals surface area contributed by atoms with Gasteiger partial charge in [0.15, 0.2) is 0 Å². The Morgan fingerprint density at radius 3 is 1.04 bits per heavy atom. The summed E-state index contributed by atoms with van der Waals surface area (Å²) in [5, 5.41) is 0. The van der Waals surface area contributed by atoms with Crippen LogP contribution in [0.5, 0.6) is 0 Å². The van der Waals surface area contributed by atoms with Crippen LogP contribution < -0.4 is 0 Å². The Hall–Kier alpha value is 0.629. The molecule has 24 heavy (non-hydrogen) atoms. The molecule has 0 aromatic rings. The van der Waals surface area contributed by atoms with Crippen LogP contribution >= 0.6 is 7.82 Å². The molecule has 0 amide bonds. The van der Waals surface area contributed by atoms with E-state index in [1.807, 2.05) is 0 Å². The van der Waals surface area contributed by atoms with Crippen LogP contribution in [0.15, 0.2) is 0 Å². The largest absolute Gasteiger partial charge is 1.00 e. The van der Waals surface area contributed by atoms with Crippen LogP contribution in [0.3, 0.4) is 0 Å². The van der Waals surface area contributed by atoms with E-state index < -0.39 is 7.82 Å². The number of rotatable bonds is 15. The molecule has 0 spiro atoms. The summed E-state index contributed by atoms with van der Waals surface area (Å²) in [4.78, 5) is 21.6. The van der Waals surface area contributed by atoms with Gasteiger partial charge >= 0.3 is 24.9 Å². The molecule has 0 atom stereocenters. The molecule has 4 nitrogen and oxygen atoms in total. The van der Waals surface area contributed by atoms with Crippen LogP contribution in [0.1, 0.15) is 110 Å². The molecule has 0 aliphatic carbocycles. The van der Waals surface area contributed by atoms with E-state index in [0.717, 1.165) is 6.42 Å². The van der Waals surface area contributed by atoms with E-state index in [9.17, 15) is 0 Å². The third-order valence-electron chi connectivity index (χ3n) is 3.85. The molecule has 0 aromatic carbocycles. The van der Waals surface area contributed by atoms with Crippen LogP contribution in [0.25, 0.3) is 0 Å². The number of hydrogen-bond acceptors (Lipinski definition) is 1. The standard InChI is InChI=1S/C18H37.Cu.H3O4P/c1-3-5-7-9-11-13-15-17-18-16-14-12-10-8-6-4-2;;1-5(2,3)4/h1,3-18H2,2H3;;(H3,1,2,3,4)/q-1;+1;. The van der Waals surface area contributed by atoms with Gasteiger partial charge in [0.05, 0.1) is 0 Å². The summed E-state index contributed by atoms with van der Waals surface area (Å²) in [6.07, 6.45) is 22.8. The maximum atomic E-state index is 8.88. The Kier molecular flexibility index (Phi) is 28.9. The number of phosphoric acid groups is 1. The predicted molar refractivity (Wildman–Crippen MR) is 99.2 cm³/mol. The first-order chi connectivity index (χ1) is 10.9. The minimum Gasteiger partial charge on any atom is -0.343 e. The minimum atomic E-state index is -4.64. The molecule has 0 bridgehead atoms. The summed E-state index contributed by atoms with van der Waals surface area (Å²) in [5.41, 5.74) is 0. The predicted octanol–water partition coefficient (Wildman–Crippen LogP) is 6.15. The molecule has 0 saturated carbocycles. The first-order valence-corrected chi connectivity index (χ1v) is 11.1. The molecule has 0 radical (unpaired) electrons. The molecule has 0 heterocycles. The van der Waals surface area contributed by atoms with E-state index in [-0.39, 0.29) is 17.1 Å². The van der Waals surface area contributed by atoms with Crippen molar-refractivity contribution in [3.8, 4) is 0 Å². The molecular formula is C18H40CuO4P. The number of unbranched alkanes of at least 4 members (excludes halogenated alkanes) is 15. The Morgan fingerprint density at radius 1 is 0.625 bits per heavy atom. The molecule has 3 N–H and O–H groups in total. The summed E-state index contributed by atoms with van der Waals surface area (Å²) >= 11 is 0. The van der Waals surface area contributed by atoms with Gasteiger partial charge in [-0.15, -0.1) is 0 Å². The first kappa shape index (κ1) is 29.4. The summed E-state index contributed by atoms with van der Waals surface area (Å²) in [6.45, 7) is 6.18. The zero-order chi connectivity index (χ0) is 17.8. The van der Waals surface area contributed by atoms with E-state index in [4.69, 9.17) is 19.2 Å². The third kappa shape index (κ3) is 43.3. The van der Waals surface area contributed by atoms with Crippen LogP contribution in [0.2, 0.25) is 0 Å². The van der Waals surface area contributed by atoms with Crippen molar-refractivity contribution in [1.29, 1.82) is 0 Å². The SMILES string of the molecule is O=P(O)(O)O.[CH2-]CCCCCCCCCCCCCCCCC.[Cu+]. The zero-order valence-corrected chi connectivity index (χ0v) is 17.4. The van der Waals surface area contributed by atoms with Crippen molar-refractivity contribution in [1.82, 2.24) is 0 Å². The van der Waals surface area contributed by atoms with Crippen molar-refractivity contribution in [3.63, 3.8) is 0 Å². The Balaban J connectivity index is -0.000000639. The van der Waals surface area contributed by atoms with Gasteiger partial charge in [0, 0.05) is 0 Å². The fraction of sp³-hybridized carbons (Fsp3) is 0.944. The fourth-order valence-electron chi connectivity index (χ4n) is 2.55. The van der Waals surface area contributed by atoms with Crippen molar-refractivity contribution in [2.45, 2.75) is 110 Å². The third-order valence-corrected chi connectivity index (χ3v) is 3.85. The summed E-state index contributed by atoms with van der Waals surface area (Å²) in [5.74, 6) is 0. The van der Waals surface area contributed by atoms with Gasteiger partial charge in [-0.3, -0.25) is 0 Å². The molecule has 6 heteroatoms. The molecule has 0 fully saturated rings. The molecule has 152 valence electrons. The number of hydrogen-bond donors (Lipinski definition) is 3. The first-order valence-electron chi connectivity index (χ1n) is 9.49. The average Bonchev–Trinajstić information content (AvgIpc) is 2.46. The molecule has 0 aliphatic rings. The topological polar surface area (TPSA) is 77.8 Å². The van der Waals surface area contributed by atoms with Gasteiger partial charge in [-0.1, -0.05) is 103 Å². The monoisotopic (exact) mass is 414 g/mol. The second kappa shape index (κ2) is 23.6. The Bertz CT molecular complexity index is 235. The van der Waals surface area contributed by atoms with Crippen molar-refractivity contribution in [2.24, 2.45) is 0 Å². The molecule has 0 rings (SSSR count). The van der Waals surface area contributed by atoms with Gasteiger partial charge in [-0.25, -0.2) is 4.57 Å². The molecule has 0 aliphatic heterocycles. The normalized spacial score (nSPS) is 10.7. The summed E-state index contributed by atoms with van der Waals surface area (Å²) < 4.78 is 8.88. The van der Waals surface area contributed by atoms with Crippen LogP contribution in [-0.4, -0.2) is 14.7 Å². The smallest absolute Gasteiger partial charge is 0.343 e. The van der Waals surface area contributed by atoms with E-state index >= 15 is 0 Å². The molecule has 0 saturated heterocycles. The van der Waals surface area contributed by atoms with Gasteiger partial charge in [-0.05, 0) is 0 Å². The molecule has 0 aromatic heterocycles.